The topological polar surface area (TPSA) is 6.48 Å². The summed E-state index contributed by atoms with van der Waals surface area (Å²) in [6.07, 6.45) is 2.24. The number of aryl methyl sites for hydroxylation is 1. The fourth-order valence-corrected chi connectivity index (χ4v) is 14.2. The Morgan fingerprint density at radius 2 is 0.859 bits per heavy atom. The van der Waals surface area contributed by atoms with Gasteiger partial charge in [0.15, 0.2) is 0 Å². The van der Waals surface area contributed by atoms with Crippen LogP contribution in [-0.4, -0.2) is 6.71 Å². The predicted octanol–water partition coefficient (Wildman–Crippen LogP) is 16.6. The Morgan fingerprint density at radius 3 is 1.42 bits per heavy atom. The number of hydrogen-bond donors (Lipinski definition) is 0. The molecule has 0 atom stereocenters. The van der Waals surface area contributed by atoms with E-state index in [1.54, 1.807) is 0 Å². The number of rotatable bonds is 5. The first-order chi connectivity index (χ1) is 33.1. The third-order valence-electron chi connectivity index (χ3n) is 17.7. The van der Waals surface area contributed by atoms with Crippen LogP contribution in [0.4, 0.5) is 34.1 Å². The maximum absolute atomic E-state index is 2.73. The van der Waals surface area contributed by atoms with Crippen molar-refractivity contribution in [2.45, 2.75) is 168 Å². The summed E-state index contributed by atoms with van der Waals surface area (Å²) in [4.78, 5) is 5.44. The van der Waals surface area contributed by atoms with E-state index in [0.29, 0.717) is 0 Å². The maximum atomic E-state index is 2.73. The number of anilines is 6. The Labute approximate surface area is 428 Å². The Hall–Kier alpha value is -5.80. The van der Waals surface area contributed by atoms with Gasteiger partial charge in [-0.15, -0.1) is 0 Å². The quantitative estimate of drug-likeness (QED) is 0.159. The van der Waals surface area contributed by atoms with Crippen LogP contribution in [0.1, 0.15) is 174 Å². The highest BCUT2D eigenvalue weighted by Gasteiger charge is 2.50. The van der Waals surface area contributed by atoms with Crippen LogP contribution < -0.4 is 26.2 Å². The maximum Gasteiger partial charge on any atom is 0.252 e. The molecule has 2 heterocycles. The molecule has 4 aliphatic rings. The first-order valence-corrected chi connectivity index (χ1v) is 26.6. The first kappa shape index (κ1) is 47.5. The van der Waals surface area contributed by atoms with Gasteiger partial charge in [-0.1, -0.05) is 202 Å². The van der Waals surface area contributed by atoms with Crippen molar-refractivity contribution in [3.63, 3.8) is 0 Å². The molecule has 0 aromatic heterocycles. The predicted molar refractivity (Wildman–Crippen MR) is 308 cm³/mol. The van der Waals surface area contributed by atoms with Gasteiger partial charge in [0, 0.05) is 39.4 Å². The van der Waals surface area contributed by atoms with Crippen molar-refractivity contribution in [1.82, 2.24) is 0 Å². The molecule has 0 spiro atoms. The monoisotopic (exact) mass is 933 g/mol. The second kappa shape index (κ2) is 15.4. The Balaban J connectivity index is 1.30. The molecule has 0 saturated heterocycles. The highest BCUT2D eigenvalue weighted by molar-refractivity contribution is 7.00. The third-order valence-corrected chi connectivity index (χ3v) is 17.7. The molecule has 362 valence electrons. The summed E-state index contributed by atoms with van der Waals surface area (Å²) in [5, 5.41) is 0. The summed E-state index contributed by atoms with van der Waals surface area (Å²) in [5.41, 5.74) is 26.7. The second-order valence-electron chi connectivity index (χ2n) is 27.4. The van der Waals surface area contributed by atoms with Crippen molar-refractivity contribution in [1.29, 1.82) is 0 Å². The molecule has 2 aliphatic heterocycles. The van der Waals surface area contributed by atoms with Crippen LogP contribution in [0.3, 0.4) is 0 Å². The molecular formula is C68H77BN2. The van der Waals surface area contributed by atoms with Gasteiger partial charge in [-0.2, -0.15) is 0 Å². The molecule has 0 amide bonds. The molecule has 3 heteroatoms. The van der Waals surface area contributed by atoms with Crippen molar-refractivity contribution in [3.05, 3.63) is 184 Å². The largest absolute Gasteiger partial charge is 0.311 e. The summed E-state index contributed by atoms with van der Waals surface area (Å²) in [6.45, 7) is 41.2. The lowest BCUT2D eigenvalue weighted by molar-refractivity contribution is 0.402. The average molecular weight is 933 g/mol. The van der Waals surface area contributed by atoms with Gasteiger partial charge in [-0.05, 0) is 167 Å². The van der Waals surface area contributed by atoms with Crippen LogP contribution >= 0.6 is 0 Å². The summed E-state index contributed by atoms with van der Waals surface area (Å²) >= 11 is 0. The minimum absolute atomic E-state index is 0.00403. The van der Waals surface area contributed by atoms with E-state index in [9.17, 15) is 0 Å². The van der Waals surface area contributed by atoms with Crippen LogP contribution in [0, 0.1) is 6.92 Å². The van der Waals surface area contributed by atoms with Crippen molar-refractivity contribution in [2.75, 3.05) is 9.80 Å². The number of fused-ring (bicyclic) bond motifs is 6. The van der Waals surface area contributed by atoms with Gasteiger partial charge in [0.1, 0.15) is 0 Å². The van der Waals surface area contributed by atoms with Crippen molar-refractivity contribution < 1.29 is 0 Å². The van der Waals surface area contributed by atoms with Crippen molar-refractivity contribution >= 4 is 57.2 Å². The summed E-state index contributed by atoms with van der Waals surface area (Å²) in [5.74, 6) is 0. The lowest BCUT2D eigenvalue weighted by Crippen LogP contribution is -2.62. The van der Waals surface area contributed by atoms with Crippen molar-refractivity contribution in [3.8, 4) is 11.1 Å². The summed E-state index contributed by atoms with van der Waals surface area (Å²) in [7, 11) is 0. The van der Waals surface area contributed by atoms with Crippen LogP contribution in [0.5, 0.6) is 0 Å². The van der Waals surface area contributed by atoms with Gasteiger partial charge in [0.2, 0.25) is 0 Å². The number of nitrogens with zero attached hydrogens (tertiary/aromatic N) is 2. The molecule has 7 aromatic carbocycles. The van der Waals surface area contributed by atoms with Gasteiger partial charge in [-0.3, -0.25) is 0 Å². The van der Waals surface area contributed by atoms with Gasteiger partial charge >= 0.3 is 0 Å². The van der Waals surface area contributed by atoms with E-state index >= 15 is 0 Å². The Morgan fingerprint density at radius 1 is 0.394 bits per heavy atom. The third kappa shape index (κ3) is 7.32. The molecule has 0 N–H and O–H groups in total. The number of hydrogen-bond acceptors (Lipinski definition) is 2. The van der Waals surface area contributed by atoms with Crippen molar-refractivity contribution in [2.24, 2.45) is 0 Å². The average Bonchev–Trinajstić information content (AvgIpc) is 3.60. The van der Waals surface area contributed by atoms with Gasteiger partial charge in [0.25, 0.3) is 6.71 Å². The minimum Gasteiger partial charge on any atom is -0.311 e. The zero-order chi connectivity index (χ0) is 50.7. The fourth-order valence-electron chi connectivity index (χ4n) is 14.2. The Bertz CT molecular complexity index is 3310. The molecule has 0 unspecified atom stereocenters. The molecule has 71 heavy (non-hydrogen) atoms. The van der Waals surface area contributed by atoms with E-state index < -0.39 is 0 Å². The SMILES string of the molecule is Cc1cc2c(cc1N1c3cc(C(C)(C)c4ccccc4)ccc3B3c4cc5c(cc4N(c4ccc(C(C)(C)C)cc4-c4ccccc4)c4cc(C(C)(C)C)cc1c43)C(C)(C)CC5(C)C)C(C)(C)CC2(C)C. The molecule has 0 fully saturated rings. The van der Waals surface area contributed by atoms with Gasteiger partial charge in [0.05, 0.1) is 5.69 Å². The molecule has 2 nitrogen and oxygen atoms in total. The first-order valence-electron chi connectivity index (χ1n) is 26.6. The molecule has 2 aliphatic carbocycles. The lowest BCUT2D eigenvalue weighted by Gasteiger charge is -2.46. The summed E-state index contributed by atoms with van der Waals surface area (Å²) in [6, 6.07) is 52.9. The van der Waals surface area contributed by atoms with Crippen LogP contribution in [0.2, 0.25) is 0 Å². The zero-order valence-electron chi connectivity index (χ0n) is 46.1. The highest BCUT2D eigenvalue weighted by atomic mass is 15.2. The molecule has 7 aromatic rings. The lowest BCUT2D eigenvalue weighted by atomic mass is 9.33. The molecule has 11 rings (SSSR count). The van der Waals surface area contributed by atoms with Gasteiger partial charge in [-0.25, -0.2) is 0 Å². The summed E-state index contributed by atoms with van der Waals surface area (Å²) < 4.78 is 0. The fraction of sp³-hybridized carbons (Fsp3) is 0.382. The van der Waals surface area contributed by atoms with E-state index in [1.165, 1.54) is 112 Å². The van der Waals surface area contributed by atoms with E-state index in [2.05, 4.69) is 261 Å². The Kier molecular flexibility index (Phi) is 10.3. The smallest absolute Gasteiger partial charge is 0.252 e. The number of benzene rings is 7. The second-order valence-corrected chi connectivity index (χ2v) is 27.4. The molecule has 0 radical (unpaired) electrons. The van der Waals surface area contributed by atoms with E-state index in [0.717, 1.165) is 12.8 Å². The van der Waals surface area contributed by atoms with Crippen LogP contribution in [0.15, 0.2) is 133 Å². The minimum atomic E-state index is -0.232. The molecule has 0 saturated carbocycles. The van der Waals surface area contributed by atoms with E-state index in [4.69, 9.17) is 0 Å². The van der Waals surface area contributed by atoms with Gasteiger partial charge < -0.3 is 9.80 Å². The standard InChI is InChI=1S/C68H77BN2/c1-42-32-49-51(66(12,13)40-64(49,8)9)38-56(42)71-57-34-46(68(16,17)44-26-22-19-23-27-44)28-30-53(57)69-54-37-50-52(67(14,15)41-65(50,10)11)39-58(54)70(59-35-47(63(5,6)7)36-60(71)61(59)69)55-31-29-45(62(2,3)4)33-48(55)43-24-20-18-21-25-43/h18-39H,40-41H2,1-17H3. The van der Waals surface area contributed by atoms with Crippen LogP contribution in [-0.2, 0) is 37.9 Å². The molecular weight excluding hydrogens is 856 g/mol. The normalized spacial score (nSPS) is 17.9. The van der Waals surface area contributed by atoms with Crippen LogP contribution in [0.25, 0.3) is 11.1 Å². The van der Waals surface area contributed by atoms with E-state index in [1.807, 2.05) is 0 Å². The zero-order valence-corrected chi connectivity index (χ0v) is 46.1. The molecule has 0 bridgehead atoms. The van der Waals surface area contributed by atoms with E-state index in [-0.39, 0.29) is 44.6 Å². The highest BCUT2D eigenvalue weighted by Crippen LogP contribution is 2.56.